The predicted octanol–water partition coefficient (Wildman–Crippen LogP) is 1.80. The average molecular weight is 248 g/mol. The van der Waals surface area contributed by atoms with Gasteiger partial charge in [-0.3, -0.25) is 4.90 Å². The number of halogens is 1. The van der Waals surface area contributed by atoms with Gasteiger partial charge in [0.05, 0.1) is 0 Å². The predicted molar refractivity (Wildman–Crippen MR) is 60.2 cm³/mol. The van der Waals surface area contributed by atoms with Gasteiger partial charge in [0.1, 0.15) is 10.0 Å². The molecule has 0 aromatic carbocycles. The van der Waals surface area contributed by atoms with Crippen molar-refractivity contribution < 1.29 is 4.74 Å². The minimum atomic E-state index is 0.580. The van der Waals surface area contributed by atoms with Crippen LogP contribution in [0.5, 0.6) is 0 Å². The van der Waals surface area contributed by atoms with Gasteiger partial charge in [0.25, 0.3) is 0 Å². The summed E-state index contributed by atoms with van der Waals surface area (Å²) in [4.78, 5) is 2.28. The lowest BCUT2D eigenvalue weighted by atomic mass is 10.1. The van der Waals surface area contributed by atoms with Crippen molar-refractivity contribution in [1.82, 2.24) is 14.5 Å². The highest BCUT2D eigenvalue weighted by Crippen LogP contribution is 2.21. The molecule has 84 valence electrons. The summed E-state index contributed by atoms with van der Waals surface area (Å²) in [6.07, 6.45) is 2.18. The first kappa shape index (κ1) is 11.3. The summed E-state index contributed by atoms with van der Waals surface area (Å²) in [5.41, 5.74) is 0.885. The van der Waals surface area contributed by atoms with Gasteiger partial charge in [0, 0.05) is 37.3 Å². The SMILES string of the molecule is CN(Cc1nnsc1Cl)C1CCOCC1. The molecule has 1 saturated heterocycles. The van der Waals surface area contributed by atoms with Gasteiger partial charge < -0.3 is 4.74 Å². The zero-order valence-electron chi connectivity index (χ0n) is 8.65. The van der Waals surface area contributed by atoms with Crippen molar-refractivity contribution in [3.05, 3.63) is 10.0 Å². The molecule has 0 aliphatic carbocycles. The molecule has 0 unspecified atom stereocenters. The maximum absolute atomic E-state index is 5.96. The van der Waals surface area contributed by atoms with Gasteiger partial charge in [0.2, 0.25) is 0 Å². The zero-order valence-corrected chi connectivity index (χ0v) is 10.2. The Hall–Kier alpha value is -0.230. The van der Waals surface area contributed by atoms with Crippen molar-refractivity contribution in [2.24, 2.45) is 0 Å². The Morgan fingerprint density at radius 2 is 2.27 bits per heavy atom. The topological polar surface area (TPSA) is 38.2 Å². The van der Waals surface area contributed by atoms with Crippen LogP contribution in [0.3, 0.4) is 0 Å². The molecule has 0 saturated carbocycles. The lowest BCUT2D eigenvalue weighted by Crippen LogP contribution is -2.36. The Labute approximate surface area is 98.3 Å². The number of hydrogen-bond donors (Lipinski definition) is 0. The molecule has 1 aliphatic heterocycles. The van der Waals surface area contributed by atoms with Crippen LogP contribution in [-0.4, -0.2) is 40.8 Å². The fourth-order valence-corrected chi connectivity index (χ4v) is 2.39. The Bertz CT molecular complexity index is 314. The minimum absolute atomic E-state index is 0.580. The van der Waals surface area contributed by atoms with Crippen molar-refractivity contribution in [2.75, 3.05) is 20.3 Å². The van der Waals surface area contributed by atoms with Crippen LogP contribution in [0.2, 0.25) is 4.34 Å². The number of ether oxygens (including phenoxy) is 1. The maximum Gasteiger partial charge on any atom is 0.138 e. The van der Waals surface area contributed by atoms with E-state index in [-0.39, 0.29) is 0 Å². The first-order valence-electron chi connectivity index (χ1n) is 5.02. The normalized spacial score (nSPS) is 18.6. The number of hydrogen-bond acceptors (Lipinski definition) is 5. The third-order valence-electron chi connectivity index (χ3n) is 2.72. The molecule has 0 bridgehead atoms. The van der Waals surface area contributed by atoms with E-state index < -0.39 is 0 Å². The highest BCUT2D eigenvalue weighted by Gasteiger charge is 2.20. The second-order valence-corrected chi connectivity index (χ2v) is 5.11. The Morgan fingerprint density at radius 3 is 2.87 bits per heavy atom. The molecule has 0 amide bonds. The number of nitrogens with zero attached hydrogens (tertiary/aromatic N) is 3. The average Bonchev–Trinajstić information content (AvgIpc) is 2.66. The van der Waals surface area contributed by atoms with E-state index in [1.807, 2.05) is 0 Å². The standard InChI is InChI=1S/C9H14ClN3OS/c1-13(7-2-4-14-5-3-7)6-8-9(10)15-12-11-8/h7H,2-6H2,1H3. The van der Waals surface area contributed by atoms with E-state index in [2.05, 4.69) is 21.5 Å². The number of rotatable bonds is 3. The van der Waals surface area contributed by atoms with Gasteiger partial charge in [-0.25, -0.2) is 0 Å². The Morgan fingerprint density at radius 1 is 1.53 bits per heavy atom. The van der Waals surface area contributed by atoms with E-state index in [4.69, 9.17) is 16.3 Å². The summed E-state index contributed by atoms with van der Waals surface area (Å²) in [6.45, 7) is 2.50. The smallest absolute Gasteiger partial charge is 0.138 e. The summed E-state index contributed by atoms with van der Waals surface area (Å²) in [5, 5.41) is 4.01. The molecule has 1 aromatic rings. The molecule has 15 heavy (non-hydrogen) atoms. The van der Waals surface area contributed by atoms with E-state index in [9.17, 15) is 0 Å². The molecule has 2 heterocycles. The largest absolute Gasteiger partial charge is 0.381 e. The molecule has 0 N–H and O–H groups in total. The molecule has 1 fully saturated rings. The summed E-state index contributed by atoms with van der Waals surface area (Å²) in [6, 6.07) is 0.580. The van der Waals surface area contributed by atoms with Gasteiger partial charge in [-0.1, -0.05) is 16.1 Å². The van der Waals surface area contributed by atoms with E-state index in [0.717, 1.165) is 38.3 Å². The third kappa shape index (κ3) is 2.87. The lowest BCUT2D eigenvalue weighted by molar-refractivity contribution is 0.0403. The summed E-state index contributed by atoms with van der Waals surface area (Å²) in [7, 11) is 2.10. The van der Waals surface area contributed by atoms with Crippen molar-refractivity contribution in [3.63, 3.8) is 0 Å². The Kier molecular flexibility index (Phi) is 3.91. The van der Waals surface area contributed by atoms with E-state index in [1.54, 1.807) is 0 Å². The highest BCUT2D eigenvalue weighted by molar-refractivity contribution is 7.10. The van der Waals surface area contributed by atoms with Gasteiger partial charge in [-0.2, -0.15) is 0 Å². The minimum Gasteiger partial charge on any atom is -0.381 e. The van der Waals surface area contributed by atoms with Crippen molar-refractivity contribution in [1.29, 1.82) is 0 Å². The van der Waals surface area contributed by atoms with Gasteiger partial charge in [-0.05, 0) is 19.9 Å². The first-order valence-corrected chi connectivity index (χ1v) is 6.17. The van der Waals surface area contributed by atoms with Crippen molar-refractivity contribution >= 4 is 23.1 Å². The molecular formula is C9H14ClN3OS. The number of aromatic nitrogens is 2. The monoisotopic (exact) mass is 247 g/mol. The molecule has 0 spiro atoms. The van der Waals surface area contributed by atoms with Gasteiger partial charge in [-0.15, -0.1) is 5.10 Å². The van der Waals surface area contributed by atoms with Crippen LogP contribution in [0.4, 0.5) is 0 Å². The van der Waals surface area contributed by atoms with Crippen LogP contribution < -0.4 is 0 Å². The summed E-state index contributed by atoms with van der Waals surface area (Å²) >= 11 is 7.21. The third-order valence-corrected chi connectivity index (χ3v) is 3.71. The zero-order chi connectivity index (χ0) is 10.7. The van der Waals surface area contributed by atoms with Crippen LogP contribution in [0.25, 0.3) is 0 Å². The quantitative estimate of drug-likeness (QED) is 0.817. The molecule has 0 radical (unpaired) electrons. The van der Waals surface area contributed by atoms with E-state index in [0.29, 0.717) is 10.4 Å². The second-order valence-electron chi connectivity index (χ2n) is 3.75. The van der Waals surface area contributed by atoms with Crippen LogP contribution in [0, 0.1) is 0 Å². The van der Waals surface area contributed by atoms with Crippen molar-refractivity contribution in [2.45, 2.75) is 25.4 Å². The van der Waals surface area contributed by atoms with Crippen LogP contribution in [0.15, 0.2) is 0 Å². The Balaban J connectivity index is 1.91. The molecule has 4 nitrogen and oxygen atoms in total. The van der Waals surface area contributed by atoms with Crippen LogP contribution in [0.1, 0.15) is 18.5 Å². The van der Waals surface area contributed by atoms with Crippen LogP contribution >= 0.6 is 23.1 Å². The van der Waals surface area contributed by atoms with E-state index >= 15 is 0 Å². The van der Waals surface area contributed by atoms with Gasteiger partial charge >= 0.3 is 0 Å². The molecule has 6 heteroatoms. The molecule has 2 rings (SSSR count). The maximum atomic E-state index is 5.96. The van der Waals surface area contributed by atoms with Crippen molar-refractivity contribution in [3.8, 4) is 0 Å². The molecule has 1 aliphatic rings. The molecule has 1 aromatic heterocycles. The highest BCUT2D eigenvalue weighted by atomic mass is 35.5. The molecular weight excluding hydrogens is 234 g/mol. The fraction of sp³-hybridized carbons (Fsp3) is 0.778. The lowest BCUT2D eigenvalue weighted by Gasteiger charge is -2.30. The fourth-order valence-electron chi connectivity index (χ4n) is 1.78. The first-order chi connectivity index (χ1) is 7.27. The van der Waals surface area contributed by atoms with Crippen LogP contribution in [-0.2, 0) is 11.3 Å². The second kappa shape index (κ2) is 5.21. The molecule has 0 atom stereocenters. The summed E-state index contributed by atoms with van der Waals surface area (Å²) < 4.78 is 9.86. The van der Waals surface area contributed by atoms with E-state index in [1.165, 1.54) is 11.5 Å². The summed E-state index contributed by atoms with van der Waals surface area (Å²) in [5.74, 6) is 0. The van der Waals surface area contributed by atoms with Gasteiger partial charge in [0.15, 0.2) is 0 Å².